The first-order chi connectivity index (χ1) is 12.7. The molecule has 0 bridgehead atoms. The van der Waals surface area contributed by atoms with Crippen molar-refractivity contribution in [3.8, 4) is 11.3 Å². The van der Waals surface area contributed by atoms with Gasteiger partial charge in [-0.3, -0.25) is 14.6 Å². The normalized spacial score (nSPS) is 17.7. The van der Waals surface area contributed by atoms with Crippen LogP contribution in [0.5, 0.6) is 0 Å². The van der Waals surface area contributed by atoms with E-state index in [9.17, 15) is 9.59 Å². The lowest BCUT2D eigenvalue weighted by Crippen LogP contribution is -2.43. The summed E-state index contributed by atoms with van der Waals surface area (Å²) >= 11 is 0. The van der Waals surface area contributed by atoms with Crippen molar-refractivity contribution in [3.05, 3.63) is 48.7 Å². The zero-order valence-corrected chi connectivity index (χ0v) is 14.9. The summed E-state index contributed by atoms with van der Waals surface area (Å²) in [5, 5.41) is 2.89. The molecule has 1 aromatic carbocycles. The molecule has 1 aromatic heterocycles. The van der Waals surface area contributed by atoms with Gasteiger partial charge in [0.1, 0.15) is 6.10 Å². The van der Waals surface area contributed by atoms with E-state index < -0.39 is 6.10 Å². The fourth-order valence-electron chi connectivity index (χ4n) is 3.14. The van der Waals surface area contributed by atoms with Crippen LogP contribution in [0, 0.1) is 0 Å². The van der Waals surface area contributed by atoms with Crippen LogP contribution in [0.3, 0.4) is 0 Å². The van der Waals surface area contributed by atoms with Gasteiger partial charge in [-0.15, -0.1) is 0 Å². The van der Waals surface area contributed by atoms with Crippen molar-refractivity contribution in [2.45, 2.75) is 25.4 Å². The molecule has 1 aliphatic heterocycles. The number of aromatic nitrogens is 1. The van der Waals surface area contributed by atoms with Gasteiger partial charge in [0.05, 0.1) is 17.9 Å². The Hall–Kier alpha value is -2.73. The first-order valence-corrected chi connectivity index (χ1v) is 8.81. The second-order valence-electron chi connectivity index (χ2n) is 6.29. The highest BCUT2D eigenvalue weighted by molar-refractivity contribution is 5.97. The maximum atomic E-state index is 12.5. The third kappa shape index (κ3) is 4.26. The Morgan fingerprint density at radius 3 is 2.81 bits per heavy atom. The monoisotopic (exact) mass is 353 g/mol. The number of pyridine rings is 1. The van der Waals surface area contributed by atoms with Crippen molar-refractivity contribution >= 4 is 17.5 Å². The maximum absolute atomic E-state index is 12.5. The van der Waals surface area contributed by atoms with Crippen molar-refractivity contribution in [1.82, 2.24) is 9.88 Å². The highest BCUT2D eigenvalue weighted by Gasteiger charge is 2.28. The predicted octanol–water partition coefficient (Wildman–Crippen LogP) is 2.71. The molecule has 0 radical (unpaired) electrons. The fraction of sp³-hybridized carbons (Fsp3) is 0.350. The lowest BCUT2D eigenvalue weighted by atomic mass is 10.1. The molecule has 1 N–H and O–H groups in total. The van der Waals surface area contributed by atoms with Gasteiger partial charge in [0, 0.05) is 25.4 Å². The zero-order valence-electron chi connectivity index (χ0n) is 14.9. The molecule has 1 unspecified atom stereocenters. The molecule has 0 spiro atoms. The molecule has 1 aliphatic rings. The summed E-state index contributed by atoms with van der Waals surface area (Å²) in [6, 6.07) is 13.3. The molecule has 3 rings (SSSR count). The minimum Gasteiger partial charge on any atom is -0.372 e. The van der Waals surface area contributed by atoms with Gasteiger partial charge >= 0.3 is 0 Å². The first-order valence-electron chi connectivity index (χ1n) is 8.81. The topological polar surface area (TPSA) is 71.5 Å². The van der Waals surface area contributed by atoms with E-state index in [-0.39, 0.29) is 18.4 Å². The molecule has 2 aromatic rings. The molecular formula is C20H23N3O3. The van der Waals surface area contributed by atoms with Crippen LogP contribution < -0.4 is 5.32 Å². The minimum absolute atomic E-state index is 0.0157. The number of hydrogen-bond donors (Lipinski definition) is 1. The Morgan fingerprint density at radius 2 is 2.04 bits per heavy atom. The molecule has 6 nitrogen and oxygen atoms in total. The number of carbonyl (C=O) groups is 2. The minimum atomic E-state index is -0.455. The van der Waals surface area contributed by atoms with Crippen LogP contribution in [0.2, 0.25) is 0 Å². The lowest BCUT2D eigenvalue weighted by molar-refractivity contribution is -0.143. The van der Waals surface area contributed by atoms with Crippen LogP contribution in [0.15, 0.2) is 48.7 Å². The van der Waals surface area contributed by atoms with Crippen LogP contribution in [-0.4, -0.2) is 48.0 Å². The van der Waals surface area contributed by atoms with Gasteiger partial charge in [-0.1, -0.05) is 30.3 Å². The summed E-state index contributed by atoms with van der Waals surface area (Å²) in [4.78, 5) is 31.0. The highest BCUT2D eigenvalue weighted by Crippen LogP contribution is 2.25. The van der Waals surface area contributed by atoms with E-state index in [1.165, 1.54) is 7.11 Å². The zero-order chi connectivity index (χ0) is 18.4. The molecule has 1 saturated heterocycles. The molecule has 6 heteroatoms. The van der Waals surface area contributed by atoms with Crippen molar-refractivity contribution in [2.24, 2.45) is 0 Å². The third-order valence-electron chi connectivity index (χ3n) is 4.48. The molecule has 26 heavy (non-hydrogen) atoms. The van der Waals surface area contributed by atoms with Crippen molar-refractivity contribution in [1.29, 1.82) is 0 Å². The summed E-state index contributed by atoms with van der Waals surface area (Å²) < 4.78 is 5.26. The fourth-order valence-corrected chi connectivity index (χ4v) is 3.14. The van der Waals surface area contributed by atoms with Gasteiger partial charge in [0.2, 0.25) is 5.91 Å². The lowest BCUT2D eigenvalue weighted by Gasteiger charge is -2.23. The molecule has 1 atom stereocenters. The Morgan fingerprint density at radius 1 is 1.23 bits per heavy atom. The van der Waals surface area contributed by atoms with Gasteiger partial charge in [-0.2, -0.15) is 0 Å². The van der Waals surface area contributed by atoms with Gasteiger partial charge in [-0.05, 0) is 31.4 Å². The summed E-state index contributed by atoms with van der Waals surface area (Å²) in [6.07, 6.45) is 3.74. The standard InChI is InChI=1S/C20H23N3O3/c1-26-17-11-5-6-13-23(20(17)25)14-18(24)22-16-10-7-12-21-19(16)15-8-3-2-4-9-15/h2-4,7-10,12,17H,5-6,11,13-14H2,1H3,(H,22,24). The van der Waals surface area contributed by atoms with Gasteiger partial charge in [-0.25, -0.2) is 0 Å². The highest BCUT2D eigenvalue weighted by atomic mass is 16.5. The van der Waals surface area contributed by atoms with Crippen LogP contribution >= 0.6 is 0 Å². The molecule has 136 valence electrons. The molecule has 1 fully saturated rings. The number of rotatable bonds is 5. The number of anilines is 1. The Labute approximate surface area is 153 Å². The summed E-state index contributed by atoms with van der Waals surface area (Å²) in [5.74, 6) is -0.352. The van der Waals surface area contributed by atoms with Crippen LogP contribution in [-0.2, 0) is 14.3 Å². The third-order valence-corrected chi connectivity index (χ3v) is 4.48. The number of nitrogens with one attached hydrogen (secondary N) is 1. The van der Waals surface area contributed by atoms with E-state index in [2.05, 4.69) is 10.3 Å². The molecule has 0 aliphatic carbocycles. The van der Waals surface area contributed by atoms with Crippen LogP contribution in [0.4, 0.5) is 5.69 Å². The van der Waals surface area contributed by atoms with E-state index in [0.29, 0.717) is 24.3 Å². The summed E-state index contributed by atoms with van der Waals surface area (Å²) in [6.45, 7) is 0.590. The van der Waals surface area contributed by atoms with Crippen LogP contribution in [0.25, 0.3) is 11.3 Å². The summed E-state index contributed by atoms with van der Waals surface area (Å²) in [5.41, 5.74) is 2.27. The van der Waals surface area contributed by atoms with Gasteiger partial charge in [0.15, 0.2) is 0 Å². The van der Waals surface area contributed by atoms with Gasteiger partial charge in [0.25, 0.3) is 5.91 Å². The van der Waals surface area contributed by atoms with Crippen LogP contribution in [0.1, 0.15) is 19.3 Å². The van der Waals surface area contributed by atoms with E-state index >= 15 is 0 Å². The smallest absolute Gasteiger partial charge is 0.252 e. The Bertz CT molecular complexity index is 764. The Balaban J connectivity index is 1.72. The maximum Gasteiger partial charge on any atom is 0.252 e. The molecule has 0 saturated carbocycles. The van der Waals surface area contributed by atoms with E-state index in [1.54, 1.807) is 17.2 Å². The average molecular weight is 353 g/mol. The van der Waals surface area contributed by atoms with E-state index in [0.717, 1.165) is 18.4 Å². The Kier molecular flexibility index (Phi) is 5.96. The van der Waals surface area contributed by atoms with Gasteiger partial charge < -0.3 is 15.0 Å². The number of benzene rings is 1. The second-order valence-corrected chi connectivity index (χ2v) is 6.29. The number of ether oxygens (including phenoxy) is 1. The quantitative estimate of drug-likeness (QED) is 0.897. The molecular weight excluding hydrogens is 330 g/mol. The average Bonchev–Trinajstić information content (AvgIpc) is 2.84. The van der Waals surface area contributed by atoms with Crippen molar-refractivity contribution in [3.63, 3.8) is 0 Å². The number of hydrogen-bond acceptors (Lipinski definition) is 4. The first kappa shape index (κ1) is 18.1. The number of carbonyl (C=O) groups excluding carboxylic acids is 2. The largest absolute Gasteiger partial charge is 0.372 e. The molecule has 2 amide bonds. The second kappa shape index (κ2) is 8.58. The summed E-state index contributed by atoms with van der Waals surface area (Å²) in [7, 11) is 1.54. The van der Waals surface area contributed by atoms with Crippen molar-refractivity contribution < 1.29 is 14.3 Å². The molecule has 2 heterocycles. The number of nitrogens with zero attached hydrogens (tertiary/aromatic N) is 2. The van der Waals surface area contributed by atoms with Crippen molar-refractivity contribution in [2.75, 3.05) is 25.5 Å². The number of amides is 2. The number of likely N-dealkylation sites (tertiary alicyclic amines) is 1. The number of methoxy groups -OCH3 is 1. The van der Waals surface area contributed by atoms with E-state index in [1.807, 2.05) is 36.4 Å². The SMILES string of the molecule is COC1CCCCN(CC(=O)Nc2cccnc2-c2ccccc2)C1=O. The predicted molar refractivity (Wildman–Crippen MR) is 99.5 cm³/mol. The van der Waals surface area contributed by atoms with E-state index in [4.69, 9.17) is 4.74 Å².